The molecule has 0 spiro atoms. The number of aromatic hydroxyl groups is 1. The fourth-order valence-corrected chi connectivity index (χ4v) is 2.80. The number of fused-ring (bicyclic) bond motifs is 1. The van der Waals surface area contributed by atoms with Gasteiger partial charge >= 0.3 is 0 Å². The predicted molar refractivity (Wildman–Crippen MR) is 78.8 cm³/mol. The maximum Gasteiger partial charge on any atom is 0.205 e. The molecule has 0 radical (unpaired) electrons. The predicted octanol–water partition coefficient (Wildman–Crippen LogP) is 3.40. The lowest BCUT2D eigenvalue weighted by atomic mass is 9.83. The first-order valence-corrected chi connectivity index (χ1v) is 6.75. The van der Waals surface area contributed by atoms with Crippen LogP contribution in [0.2, 0.25) is 5.02 Å². The molecule has 1 heterocycles. The number of phenolic OH excluding ortho intramolecular Hbond substituents is 1. The van der Waals surface area contributed by atoms with Crippen LogP contribution in [0, 0.1) is 17.1 Å². The monoisotopic (exact) mass is 316 g/mol. The fraction of sp³-hybridized carbons (Fsp3) is 0.0625. The molecule has 22 heavy (non-hydrogen) atoms. The van der Waals surface area contributed by atoms with Crippen molar-refractivity contribution in [1.82, 2.24) is 0 Å². The third-order valence-electron chi connectivity index (χ3n) is 3.49. The number of halogens is 2. The van der Waals surface area contributed by atoms with Gasteiger partial charge in [0.15, 0.2) is 0 Å². The Kier molecular flexibility index (Phi) is 3.39. The van der Waals surface area contributed by atoms with Gasteiger partial charge in [0.1, 0.15) is 29.0 Å². The van der Waals surface area contributed by atoms with E-state index in [1.807, 2.05) is 6.07 Å². The van der Waals surface area contributed by atoms with Crippen LogP contribution in [0.1, 0.15) is 17.0 Å². The Labute approximate surface area is 130 Å². The first-order valence-electron chi connectivity index (χ1n) is 6.37. The Morgan fingerprint density at radius 1 is 1.32 bits per heavy atom. The molecule has 0 saturated carbocycles. The van der Waals surface area contributed by atoms with Crippen molar-refractivity contribution < 1.29 is 14.2 Å². The molecular formula is C16H10ClFN2O2. The van der Waals surface area contributed by atoms with Gasteiger partial charge in [0, 0.05) is 22.2 Å². The van der Waals surface area contributed by atoms with E-state index in [0.29, 0.717) is 5.56 Å². The molecule has 1 atom stereocenters. The van der Waals surface area contributed by atoms with E-state index in [1.165, 1.54) is 24.3 Å². The third kappa shape index (κ3) is 2.14. The summed E-state index contributed by atoms with van der Waals surface area (Å²) < 4.78 is 19.7. The van der Waals surface area contributed by atoms with Gasteiger partial charge in [-0.05, 0) is 18.2 Å². The summed E-state index contributed by atoms with van der Waals surface area (Å²) in [6, 6.07) is 10.6. The molecule has 0 aromatic heterocycles. The van der Waals surface area contributed by atoms with Crippen molar-refractivity contribution in [3.8, 4) is 17.6 Å². The zero-order valence-corrected chi connectivity index (χ0v) is 11.9. The quantitative estimate of drug-likeness (QED) is 0.845. The number of ether oxygens (including phenoxy) is 1. The Bertz CT molecular complexity index is 822. The summed E-state index contributed by atoms with van der Waals surface area (Å²) in [5, 5.41) is 19.1. The number of nitrogens with zero attached hydrogens (tertiary/aromatic N) is 1. The molecule has 0 saturated heterocycles. The maximum absolute atomic E-state index is 14.3. The van der Waals surface area contributed by atoms with Gasteiger partial charge in [-0.25, -0.2) is 4.39 Å². The van der Waals surface area contributed by atoms with Crippen LogP contribution in [0.5, 0.6) is 11.5 Å². The van der Waals surface area contributed by atoms with E-state index >= 15 is 0 Å². The van der Waals surface area contributed by atoms with Crippen LogP contribution in [-0.2, 0) is 0 Å². The molecule has 1 aliphatic heterocycles. The van der Waals surface area contributed by atoms with Crippen molar-refractivity contribution in [2.75, 3.05) is 0 Å². The highest BCUT2D eigenvalue weighted by molar-refractivity contribution is 6.31. The molecular weight excluding hydrogens is 307 g/mol. The number of benzene rings is 2. The van der Waals surface area contributed by atoms with Crippen LogP contribution < -0.4 is 10.5 Å². The number of phenols is 1. The van der Waals surface area contributed by atoms with E-state index in [0.717, 1.165) is 0 Å². The average molecular weight is 317 g/mol. The molecule has 1 aliphatic rings. The zero-order chi connectivity index (χ0) is 15.9. The van der Waals surface area contributed by atoms with Crippen molar-refractivity contribution in [1.29, 1.82) is 5.26 Å². The first-order chi connectivity index (χ1) is 10.5. The van der Waals surface area contributed by atoms with Gasteiger partial charge in [0.05, 0.1) is 5.92 Å². The molecule has 3 rings (SSSR count). The highest BCUT2D eigenvalue weighted by atomic mass is 35.5. The fourth-order valence-electron chi connectivity index (χ4n) is 2.53. The smallest absolute Gasteiger partial charge is 0.205 e. The van der Waals surface area contributed by atoms with E-state index in [4.69, 9.17) is 22.1 Å². The van der Waals surface area contributed by atoms with Crippen molar-refractivity contribution in [3.63, 3.8) is 0 Å². The van der Waals surface area contributed by atoms with Gasteiger partial charge in [0.2, 0.25) is 5.88 Å². The lowest BCUT2D eigenvalue weighted by Crippen LogP contribution is -2.21. The average Bonchev–Trinajstić information content (AvgIpc) is 2.46. The summed E-state index contributed by atoms with van der Waals surface area (Å²) in [5.41, 5.74) is 6.51. The van der Waals surface area contributed by atoms with Gasteiger partial charge in [-0.3, -0.25) is 0 Å². The van der Waals surface area contributed by atoms with E-state index in [-0.39, 0.29) is 33.5 Å². The second-order valence-corrected chi connectivity index (χ2v) is 5.19. The normalized spacial score (nSPS) is 16.7. The molecule has 0 aliphatic carbocycles. The van der Waals surface area contributed by atoms with Gasteiger partial charge < -0.3 is 15.6 Å². The number of hydrogen-bond acceptors (Lipinski definition) is 4. The topological polar surface area (TPSA) is 79.3 Å². The first kappa shape index (κ1) is 14.2. The lowest BCUT2D eigenvalue weighted by molar-refractivity contribution is 0.387. The number of rotatable bonds is 1. The van der Waals surface area contributed by atoms with Crippen LogP contribution in [0.25, 0.3) is 0 Å². The van der Waals surface area contributed by atoms with Crippen molar-refractivity contribution >= 4 is 11.6 Å². The third-order valence-corrected chi connectivity index (χ3v) is 3.82. The van der Waals surface area contributed by atoms with Crippen LogP contribution in [-0.4, -0.2) is 5.11 Å². The number of allylic oxidation sites excluding steroid dienone is 1. The van der Waals surface area contributed by atoms with Crippen LogP contribution in [0.3, 0.4) is 0 Å². The molecule has 0 bridgehead atoms. The summed E-state index contributed by atoms with van der Waals surface area (Å²) in [6.45, 7) is 0. The second kappa shape index (κ2) is 5.24. The Balaban J connectivity index is 2.31. The maximum atomic E-state index is 14.3. The molecule has 3 N–H and O–H groups in total. The molecule has 0 fully saturated rings. The van der Waals surface area contributed by atoms with Gasteiger partial charge in [-0.1, -0.05) is 23.7 Å². The number of nitrogens with two attached hydrogens (primary N) is 1. The molecule has 0 amide bonds. The minimum Gasteiger partial charge on any atom is -0.508 e. The van der Waals surface area contributed by atoms with Crippen LogP contribution in [0.15, 0.2) is 47.9 Å². The van der Waals surface area contributed by atoms with E-state index in [9.17, 15) is 14.8 Å². The minimum absolute atomic E-state index is 0.0228. The summed E-state index contributed by atoms with van der Waals surface area (Å²) >= 11 is 6.13. The highest BCUT2D eigenvalue weighted by Crippen LogP contribution is 2.45. The molecule has 2 aromatic carbocycles. The van der Waals surface area contributed by atoms with Crippen molar-refractivity contribution in [3.05, 3.63) is 69.8 Å². The summed E-state index contributed by atoms with van der Waals surface area (Å²) in [7, 11) is 0. The minimum atomic E-state index is -0.789. The largest absolute Gasteiger partial charge is 0.508 e. The number of nitriles is 1. The molecule has 4 nitrogen and oxygen atoms in total. The van der Waals surface area contributed by atoms with Crippen molar-refractivity contribution in [2.24, 2.45) is 5.73 Å². The zero-order valence-electron chi connectivity index (χ0n) is 11.2. The number of hydrogen-bond donors (Lipinski definition) is 2. The van der Waals surface area contributed by atoms with E-state index < -0.39 is 11.7 Å². The standard InChI is InChI=1S/C16H10ClFN2O2/c17-11-2-1-3-12(18)15(11)14-9-5-4-8(21)6-13(9)22-16(20)10(14)7-19/h1-6,14,21H,20H2. The van der Waals surface area contributed by atoms with Gasteiger partial charge in [-0.2, -0.15) is 5.26 Å². The SMILES string of the molecule is N#CC1=C(N)Oc2cc(O)ccc2C1c1c(F)cccc1Cl. The summed E-state index contributed by atoms with van der Waals surface area (Å²) in [4.78, 5) is 0. The Morgan fingerprint density at radius 2 is 2.09 bits per heavy atom. The summed E-state index contributed by atoms with van der Waals surface area (Å²) in [5.74, 6) is -1.22. The molecule has 110 valence electrons. The molecule has 2 aromatic rings. The lowest BCUT2D eigenvalue weighted by Gasteiger charge is -2.27. The van der Waals surface area contributed by atoms with E-state index in [2.05, 4.69) is 0 Å². The Hall–Kier alpha value is -2.71. The molecule has 6 heteroatoms. The molecule has 1 unspecified atom stereocenters. The van der Waals surface area contributed by atoms with Gasteiger partial charge in [-0.15, -0.1) is 0 Å². The summed E-state index contributed by atoms with van der Waals surface area (Å²) in [6.07, 6.45) is 0. The van der Waals surface area contributed by atoms with Crippen molar-refractivity contribution in [2.45, 2.75) is 5.92 Å². The second-order valence-electron chi connectivity index (χ2n) is 4.78. The Morgan fingerprint density at radius 3 is 2.77 bits per heavy atom. The van der Waals surface area contributed by atoms with Crippen LogP contribution >= 0.6 is 11.6 Å². The van der Waals surface area contributed by atoms with Gasteiger partial charge in [0.25, 0.3) is 0 Å². The van der Waals surface area contributed by atoms with Crippen LogP contribution in [0.4, 0.5) is 4.39 Å². The van der Waals surface area contributed by atoms with E-state index in [1.54, 1.807) is 12.1 Å². The highest BCUT2D eigenvalue weighted by Gasteiger charge is 2.33.